The van der Waals surface area contributed by atoms with Crippen LogP contribution in [0.3, 0.4) is 0 Å². The summed E-state index contributed by atoms with van der Waals surface area (Å²) in [5.74, 6) is 1.33. The average molecular weight is 317 g/mol. The fraction of sp³-hybridized carbons (Fsp3) is 1.00. The van der Waals surface area contributed by atoms with E-state index in [0.717, 1.165) is 19.0 Å². The molecule has 0 bridgehead atoms. The fourth-order valence-electron chi connectivity index (χ4n) is 3.68. The van der Waals surface area contributed by atoms with Crippen molar-refractivity contribution in [2.75, 3.05) is 31.1 Å². The zero-order valence-corrected chi connectivity index (χ0v) is 14.7. The van der Waals surface area contributed by atoms with Crippen molar-refractivity contribution in [2.45, 2.75) is 64.5 Å². The molecule has 0 spiro atoms. The first-order valence-electron chi connectivity index (χ1n) is 8.53. The van der Waals surface area contributed by atoms with Crippen molar-refractivity contribution >= 4 is 9.84 Å². The molecule has 2 aliphatic rings. The summed E-state index contributed by atoms with van der Waals surface area (Å²) in [7, 11) is -2.87. The van der Waals surface area contributed by atoms with E-state index >= 15 is 0 Å². The molecule has 4 nitrogen and oxygen atoms in total. The second-order valence-corrected chi connectivity index (χ2v) is 9.85. The number of nitrogens with zero attached hydrogens (tertiary/aromatic N) is 1. The minimum absolute atomic E-state index is 0.0500. The molecule has 0 aromatic carbocycles. The predicted octanol–water partition coefficient (Wildman–Crippen LogP) is 2.05. The van der Waals surface area contributed by atoms with Gasteiger partial charge in [0.05, 0.1) is 5.75 Å². The highest BCUT2D eigenvalue weighted by atomic mass is 32.2. The highest BCUT2D eigenvalue weighted by Crippen LogP contribution is 2.30. The van der Waals surface area contributed by atoms with Gasteiger partial charge in [-0.05, 0) is 32.6 Å². The molecular formula is C16H32N2O2S. The van der Waals surface area contributed by atoms with Crippen LogP contribution in [0, 0.1) is 5.92 Å². The summed E-state index contributed by atoms with van der Waals surface area (Å²) < 4.78 is 23.6. The molecule has 1 unspecified atom stereocenters. The van der Waals surface area contributed by atoms with Crippen molar-refractivity contribution < 1.29 is 8.42 Å². The van der Waals surface area contributed by atoms with Gasteiger partial charge in [0, 0.05) is 37.0 Å². The Hall–Kier alpha value is -0.130. The first-order valence-corrected chi connectivity index (χ1v) is 10.3. The van der Waals surface area contributed by atoms with Gasteiger partial charge >= 0.3 is 0 Å². The Morgan fingerprint density at radius 1 is 1.19 bits per heavy atom. The number of hydrogen-bond donors (Lipinski definition) is 1. The maximum absolute atomic E-state index is 11.8. The lowest BCUT2D eigenvalue weighted by Gasteiger charge is -2.48. The van der Waals surface area contributed by atoms with Gasteiger partial charge in [0.25, 0.3) is 0 Å². The van der Waals surface area contributed by atoms with E-state index in [1.54, 1.807) is 6.92 Å². The maximum Gasteiger partial charge on any atom is 0.151 e. The topological polar surface area (TPSA) is 49.4 Å². The van der Waals surface area contributed by atoms with Crippen LogP contribution < -0.4 is 5.32 Å². The highest BCUT2D eigenvalue weighted by Gasteiger charge is 2.37. The lowest BCUT2D eigenvalue weighted by atomic mass is 9.81. The molecule has 0 amide bonds. The van der Waals surface area contributed by atoms with Gasteiger partial charge in [0.1, 0.15) is 0 Å². The molecule has 2 rings (SSSR count). The van der Waals surface area contributed by atoms with Crippen molar-refractivity contribution in [1.29, 1.82) is 0 Å². The summed E-state index contributed by atoms with van der Waals surface area (Å²) in [5, 5.41) is 3.73. The molecule has 1 saturated heterocycles. The largest absolute Gasteiger partial charge is 0.311 e. The van der Waals surface area contributed by atoms with Gasteiger partial charge in [-0.15, -0.1) is 0 Å². The van der Waals surface area contributed by atoms with Gasteiger partial charge in [-0.2, -0.15) is 0 Å². The summed E-state index contributed by atoms with van der Waals surface area (Å²) in [6, 6.07) is 0.544. The van der Waals surface area contributed by atoms with Crippen LogP contribution in [0.25, 0.3) is 0 Å². The van der Waals surface area contributed by atoms with Gasteiger partial charge in [-0.3, -0.25) is 4.90 Å². The molecule has 0 radical (unpaired) electrons. The highest BCUT2D eigenvalue weighted by molar-refractivity contribution is 7.91. The zero-order chi connectivity index (χ0) is 15.5. The number of sulfone groups is 1. The third-order valence-electron chi connectivity index (χ3n) is 5.40. The molecule has 1 saturated carbocycles. The Morgan fingerprint density at radius 3 is 2.48 bits per heavy atom. The van der Waals surface area contributed by atoms with E-state index in [0.29, 0.717) is 18.3 Å². The quantitative estimate of drug-likeness (QED) is 0.843. The van der Waals surface area contributed by atoms with E-state index < -0.39 is 9.84 Å². The third kappa shape index (κ3) is 4.67. The normalized spacial score (nSPS) is 28.6. The Bertz CT molecular complexity index is 428. The van der Waals surface area contributed by atoms with Crippen LogP contribution in [-0.4, -0.2) is 56.0 Å². The van der Waals surface area contributed by atoms with Crippen LogP contribution in [0.5, 0.6) is 0 Å². The smallest absolute Gasteiger partial charge is 0.151 e. The number of nitrogens with one attached hydrogen (secondary N) is 1. The molecular weight excluding hydrogens is 284 g/mol. The summed E-state index contributed by atoms with van der Waals surface area (Å²) >= 11 is 0. The van der Waals surface area contributed by atoms with E-state index in [9.17, 15) is 8.42 Å². The van der Waals surface area contributed by atoms with E-state index in [2.05, 4.69) is 24.1 Å². The summed E-state index contributed by atoms with van der Waals surface area (Å²) in [4.78, 5) is 2.40. The lowest BCUT2D eigenvalue weighted by Crippen LogP contribution is -2.64. The van der Waals surface area contributed by atoms with Crippen molar-refractivity contribution in [3.8, 4) is 0 Å². The minimum atomic E-state index is -2.87. The first-order chi connectivity index (χ1) is 9.84. The maximum atomic E-state index is 11.8. The van der Waals surface area contributed by atoms with Crippen molar-refractivity contribution in [1.82, 2.24) is 10.2 Å². The monoisotopic (exact) mass is 316 g/mol. The molecule has 124 valence electrons. The Balaban J connectivity index is 1.95. The van der Waals surface area contributed by atoms with Gasteiger partial charge in [0.15, 0.2) is 9.84 Å². The standard InChI is InChI=1S/C16H32N2O2S/c1-4-21(19,20)11-10-18-12-15(17-13-16(18,2)3)14-8-6-5-7-9-14/h14-15,17H,4-13H2,1-3H3. The average Bonchev–Trinajstić information content (AvgIpc) is 2.47. The summed E-state index contributed by atoms with van der Waals surface area (Å²) in [6.07, 6.45) is 6.76. The van der Waals surface area contributed by atoms with E-state index in [4.69, 9.17) is 0 Å². The molecule has 5 heteroatoms. The van der Waals surface area contributed by atoms with E-state index in [-0.39, 0.29) is 11.3 Å². The van der Waals surface area contributed by atoms with Crippen LogP contribution in [-0.2, 0) is 9.84 Å². The van der Waals surface area contributed by atoms with Gasteiger partial charge < -0.3 is 5.32 Å². The van der Waals surface area contributed by atoms with Crippen LogP contribution in [0.15, 0.2) is 0 Å². The van der Waals surface area contributed by atoms with Crippen LogP contribution in [0.1, 0.15) is 52.9 Å². The number of rotatable bonds is 5. The lowest BCUT2D eigenvalue weighted by molar-refractivity contribution is 0.0495. The van der Waals surface area contributed by atoms with Gasteiger partial charge in [-0.25, -0.2) is 8.42 Å². The SMILES string of the molecule is CCS(=O)(=O)CCN1CC(C2CCCCC2)NCC1(C)C. The predicted molar refractivity (Wildman–Crippen MR) is 88.3 cm³/mol. The van der Waals surface area contributed by atoms with Crippen molar-refractivity contribution in [3.63, 3.8) is 0 Å². The molecule has 1 aliphatic carbocycles. The molecule has 1 N–H and O–H groups in total. The fourth-order valence-corrected chi connectivity index (χ4v) is 4.47. The third-order valence-corrected chi connectivity index (χ3v) is 7.09. The van der Waals surface area contributed by atoms with Gasteiger partial charge in [-0.1, -0.05) is 26.2 Å². The van der Waals surface area contributed by atoms with Crippen LogP contribution in [0.4, 0.5) is 0 Å². The Kier molecular flexibility index (Phi) is 5.71. The van der Waals surface area contributed by atoms with E-state index in [1.165, 1.54) is 32.1 Å². The first kappa shape index (κ1) is 17.2. The number of hydrogen-bond acceptors (Lipinski definition) is 4. The Morgan fingerprint density at radius 2 is 1.86 bits per heavy atom. The second kappa shape index (κ2) is 6.97. The molecule has 1 atom stereocenters. The van der Waals surface area contributed by atoms with Gasteiger partial charge in [0.2, 0.25) is 0 Å². The van der Waals surface area contributed by atoms with Crippen molar-refractivity contribution in [2.24, 2.45) is 5.92 Å². The molecule has 1 heterocycles. The number of piperazine rings is 1. The second-order valence-electron chi connectivity index (χ2n) is 7.38. The molecule has 0 aromatic rings. The molecule has 1 aliphatic heterocycles. The summed E-state index contributed by atoms with van der Waals surface area (Å²) in [5.41, 5.74) is 0.0500. The molecule has 0 aromatic heterocycles. The van der Waals surface area contributed by atoms with Crippen LogP contribution in [0.2, 0.25) is 0 Å². The van der Waals surface area contributed by atoms with E-state index in [1.807, 2.05) is 0 Å². The Labute approximate surface area is 130 Å². The molecule has 21 heavy (non-hydrogen) atoms. The molecule has 2 fully saturated rings. The minimum Gasteiger partial charge on any atom is -0.311 e. The van der Waals surface area contributed by atoms with Crippen molar-refractivity contribution in [3.05, 3.63) is 0 Å². The zero-order valence-electron chi connectivity index (χ0n) is 13.9. The van der Waals surface area contributed by atoms with Crippen LogP contribution >= 0.6 is 0 Å². The summed E-state index contributed by atoms with van der Waals surface area (Å²) in [6.45, 7) is 8.81.